The van der Waals surface area contributed by atoms with Crippen LogP contribution < -0.4 is 11.1 Å². The van der Waals surface area contributed by atoms with E-state index in [-0.39, 0.29) is 5.91 Å². The van der Waals surface area contributed by atoms with Crippen molar-refractivity contribution in [1.29, 1.82) is 0 Å². The van der Waals surface area contributed by atoms with Crippen LogP contribution in [0, 0.1) is 0 Å². The number of aromatic nitrogens is 1. The van der Waals surface area contributed by atoms with Crippen LogP contribution in [0.2, 0.25) is 10.0 Å². The lowest BCUT2D eigenvalue weighted by Crippen LogP contribution is -2.37. The summed E-state index contributed by atoms with van der Waals surface area (Å²) < 4.78 is 0. The molecule has 0 radical (unpaired) electrons. The van der Waals surface area contributed by atoms with Crippen molar-refractivity contribution in [1.82, 2.24) is 4.98 Å². The van der Waals surface area contributed by atoms with Gasteiger partial charge < -0.3 is 16.0 Å². The van der Waals surface area contributed by atoms with Gasteiger partial charge in [0, 0.05) is 17.1 Å². The van der Waals surface area contributed by atoms with Crippen molar-refractivity contribution < 1.29 is 4.79 Å². The highest BCUT2D eigenvalue weighted by Gasteiger charge is 2.18. The molecule has 1 amide bonds. The standard InChI is InChI=1S/C17H15Cl2N3O/c18-12-5-3-6-13(19)16(12)22-17(23)14(20)8-10-9-21-15-7-2-1-4-11(10)15/h1-7,9,14,21H,8,20H2,(H,22,23). The Labute approximate surface area is 143 Å². The van der Waals surface area contributed by atoms with Crippen molar-refractivity contribution in [3.8, 4) is 0 Å². The van der Waals surface area contributed by atoms with Crippen LogP contribution >= 0.6 is 23.2 Å². The predicted octanol–water partition coefficient (Wildman–Crippen LogP) is 3.98. The number of para-hydroxylation sites is 2. The molecule has 0 fully saturated rings. The van der Waals surface area contributed by atoms with E-state index in [2.05, 4.69) is 10.3 Å². The van der Waals surface area contributed by atoms with E-state index in [1.807, 2.05) is 30.5 Å². The maximum absolute atomic E-state index is 12.3. The van der Waals surface area contributed by atoms with Crippen LogP contribution in [0.1, 0.15) is 5.56 Å². The van der Waals surface area contributed by atoms with Crippen molar-refractivity contribution in [2.24, 2.45) is 5.73 Å². The molecule has 0 saturated heterocycles. The molecule has 4 nitrogen and oxygen atoms in total. The van der Waals surface area contributed by atoms with Crippen molar-refractivity contribution >= 4 is 45.7 Å². The lowest BCUT2D eigenvalue weighted by Gasteiger charge is -2.14. The fourth-order valence-electron chi connectivity index (χ4n) is 2.46. The Morgan fingerprint density at radius 1 is 1.13 bits per heavy atom. The van der Waals surface area contributed by atoms with E-state index in [0.29, 0.717) is 22.2 Å². The fraction of sp³-hybridized carbons (Fsp3) is 0.118. The number of H-pyrrole nitrogens is 1. The first kappa shape index (κ1) is 15.9. The van der Waals surface area contributed by atoms with E-state index >= 15 is 0 Å². The first-order valence-corrected chi connectivity index (χ1v) is 7.87. The molecule has 1 unspecified atom stereocenters. The van der Waals surface area contributed by atoms with Crippen molar-refractivity contribution in [2.75, 3.05) is 5.32 Å². The number of benzene rings is 2. The van der Waals surface area contributed by atoms with Crippen molar-refractivity contribution in [2.45, 2.75) is 12.5 Å². The van der Waals surface area contributed by atoms with Gasteiger partial charge in [0.05, 0.1) is 21.8 Å². The van der Waals surface area contributed by atoms with Gasteiger partial charge in [0.25, 0.3) is 0 Å². The number of nitrogens with one attached hydrogen (secondary N) is 2. The molecule has 6 heteroatoms. The largest absolute Gasteiger partial charge is 0.361 e. The zero-order chi connectivity index (χ0) is 16.4. The number of rotatable bonds is 4. The van der Waals surface area contributed by atoms with Gasteiger partial charge in [0.2, 0.25) is 5.91 Å². The van der Waals surface area contributed by atoms with Gasteiger partial charge in [0.1, 0.15) is 0 Å². The highest BCUT2D eigenvalue weighted by atomic mass is 35.5. The van der Waals surface area contributed by atoms with E-state index in [9.17, 15) is 4.79 Å². The van der Waals surface area contributed by atoms with Gasteiger partial charge in [-0.05, 0) is 30.2 Å². The Morgan fingerprint density at radius 2 is 1.83 bits per heavy atom. The number of aromatic amines is 1. The van der Waals surface area contributed by atoms with Crippen LogP contribution in [-0.4, -0.2) is 16.9 Å². The zero-order valence-electron chi connectivity index (χ0n) is 12.1. The summed E-state index contributed by atoms with van der Waals surface area (Å²) in [5, 5.41) is 4.52. The minimum atomic E-state index is -0.707. The van der Waals surface area contributed by atoms with Crippen LogP contribution in [0.3, 0.4) is 0 Å². The molecule has 0 saturated carbocycles. The molecule has 3 aromatic rings. The summed E-state index contributed by atoms with van der Waals surface area (Å²) in [7, 11) is 0. The number of fused-ring (bicyclic) bond motifs is 1. The Balaban J connectivity index is 1.75. The Morgan fingerprint density at radius 3 is 2.57 bits per heavy atom. The third-order valence-corrected chi connectivity index (χ3v) is 4.29. The summed E-state index contributed by atoms with van der Waals surface area (Å²) in [6.45, 7) is 0. The molecule has 0 aliphatic heterocycles. The molecule has 118 valence electrons. The topological polar surface area (TPSA) is 70.9 Å². The second-order valence-electron chi connectivity index (χ2n) is 5.26. The molecular weight excluding hydrogens is 333 g/mol. The molecule has 23 heavy (non-hydrogen) atoms. The molecule has 2 aromatic carbocycles. The van der Waals surface area contributed by atoms with E-state index in [0.717, 1.165) is 16.5 Å². The van der Waals surface area contributed by atoms with Crippen LogP contribution in [0.5, 0.6) is 0 Å². The highest BCUT2D eigenvalue weighted by molar-refractivity contribution is 6.39. The summed E-state index contributed by atoms with van der Waals surface area (Å²) in [6, 6.07) is 12.2. The van der Waals surface area contributed by atoms with Gasteiger partial charge in [-0.3, -0.25) is 4.79 Å². The third-order valence-electron chi connectivity index (χ3n) is 3.66. The number of hydrogen-bond donors (Lipinski definition) is 3. The number of amides is 1. The fourth-order valence-corrected chi connectivity index (χ4v) is 2.96. The molecule has 1 heterocycles. The molecule has 1 atom stereocenters. The van der Waals surface area contributed by atoms with Gasteiger partial charge in [-0.15, -0.1) is 0 Å². The first-order valence-electron chi connectivity index (χ1n) is 7.11. The van der Waals surface area contributed by atoms with Gasteiger partial charge >= 0.3 is 0 Å². The number of nitrogens with two attached hydrogens (primary N) is 1. The number of carbonyl (C=O) groups excluding carboxylic acids is 1. The summed E-state index contributed by atoms with van der Waals surface area (Å²) >= 11 is 12.1. The summed E-state index contributed by atoms with van der Waals surface area (Å²) in [6.07, 6.45) is 2.29. The zero-order valence-corrected chi connectivity index (χ0v) is 13.7. The monoisotopic (exact) mass is 347 g/mol. The molecule has 0 aliphatic rings. The summed E-state index contributed by atoms with van der Waals surface area (Å²) in [5.74, 6) is -0.328. The average molecular weight is 348 g/mol. The van der Waals surface area contributed by atoms with Gasteiger partial charge in [-0.25, -0.2) is 0 Å². The highest BCUT2D eigenvalue weighted by Crippen LogP contribution is 2.30. The molecule has 1 aromatic heterocycles. The minimum Gasteiger partial charge on any atom is -0.361 e. The second-order valence-corrected chi connectivity index (χ2v) is 6.07. The Bertz CT molecular complexity index is 840. The van der Waals surface area contributed by atoms with E-state index in [1.165, 1.54) is 0 Å². The second kappa shape index (κ2) is 6.62. The van der Waals surface area contributed by atoms with Crippen LogP contribution in [0.4, 0.5) is 5.69 Å². The number of carbonyl (C=O) groups is 1. The Kier molecular flexibility index (Phi) is 4.57. The third kappa shape index (κ3) is 3.34. The van der Waals surface area contributed by atoms with Crippen molar-refractivity contribution in [3.05, 3.63) is 64.3 Å². The number of anilines is 1. The van der Waals surface area contributed by atoms with Crippen LogP contribution in [-0.2, 0) is 11.2 Å². The summed E-state index contributed by atoms with van der Waals surface area (Å²) in [5.41, 5.74) is 8.43. The maximum Gasteiger partial charge on any atom is 0.241 e. The number of halogens is 2. The van der Waals surface area contributed by atoms with Crippen LogP contribution in [0.15, 0.2) is 48.7 Å². The van der Waals surface area contributed by atoms with E-state index in [1.54, 1.807) is 18.2 Å². The molecule has 0 bridgehead atoms. The number of hydrogen-bond acceptors (Lipinski definition) is 2. The van der Waals surface area contributed by atoms with Gasteiger partial charge in [0.15, 0.2) is 0 Å². The van der Waals surface area contributed by atoms with Crippen molar-refractivity contribution in [3.63, 3.8) is 0 Å². The maximum atomic E-state index is 12.3. The molecule has 3 rings (SSSR count). The molecule has 0 aliphatic carbocycles. The van der Waals surface area contributed by atoms with Gasteiger partial charge in [-0.1, -0.05) is 47.5 Å². The SMILES string of the molecule is NC(Cc1c[nH]c2ccccc12)C(=O)Nc1c(Cl)cccc1Cl. The van der Waals surface area contributed by atoms with E-state index in [4.69, 9.17) is 28.9 Å². The minimum absolute atomic E-state index is 0.328. The lowest BCUT2D eigenvalue weighted by molar-refractivity contribution is -0.117. The Hall–Kier alpha value is -2.01. The smallest absolute Gasteiger partial charge is 0.241 e. The molecular formula is C17H15Cl2N3O. The predicted molar refractivity (Wildman–Crippen MR) is 95.1 cm³/mol. The molecule has 4 N–H and O–H groups in total. The van der Waals surface area contributed by atoms with Gasteiger partial charge in [-0.2, -0.15) is 0 Å². The summed E-state index contributed by atoms with van der Waals surface area (Å²) in [4.78, 5) is 15.5. The average Bonchev–Trinajstić information content (AvgIpc) is 2.94. The lowest BCUT2D eigenvalue weighted by atomic mass is 10.0. The van der Waals surface area contributed by atoms with Crippen LogP contribution in [0.25, 0.3) is 10.9 Å². The van der Waals surface area contributed by atoms with E-state index < -0.39 is 6.04 Å². The first-order chi connectivity index (χ1) is 11.1. The quantitative estimate of drug-likeness (QED) is 0.667. The molecule has 0 spiro atoms. The normalized spacial score (nSPS) is 12.3.